The van der Waals surface area contributed by atoms with Crippen molar-refractivity contribution >= 4 is 11.6 Å². The fourth-order valence-corrected chi connectivity index (χ4v) is 1.88. The van der Waals surface area contributed by atoms with Gasteiger partial charge in [0, 0.05) is 0 Å². The Morgan fingerprint density at radius 2 is 2.10 bits per heavy atom. The number of rotatable bonds is 3. The summed E-state index contributed by atoms with van der Waals surface area (Å²) in [5.74, 6) is 0.332. The Morgan fingerprint density at radius 3 is 2.81 bits per heavy atom. The van der Waals surface area contributed by atoms with Crippen LogP contribution in [0.3, 0.4) is 0 Å². The third-order valence-corrected chi connectivity index (χ3v) is 2.79. The molecule has 0 N–H and O–H groups in total. The summed E-state index contributed by atoms with van der Waals surface area (Å²) in [4.78, 5) is 16.0. The van der Waals surface area contributed by atoms with E-state index in [1.54, 1.807) is 0 Å². The first kappa shape index (κ1) is 13.4. The molecule has 0 spiro atoms. The van der Waals surface area contributed by atoms with Crippen LogP contribution in [0, 0.1) is 5.82 Å². The summed E-state index contributed by atoms with van der Waals surface area (Å²) in [6.45, 7) is 0. The summed E-state index contributed by atoms with van der Waals surface area (Å²) in [6, 6.07) is 4.02. The van der Waals surface area contributed by atoms with Crippen molar-refractivity contribution in [2.75, 3.05) is 7.11 Å². The maximum atomic E-state index is 13.5. The van der Waals surface area contributed by atoms with Gasteiger partial charge in [-0.05, 0) is 29.8 Å². The number of halogens is 2. The number of aromatic nitrogens is 6. The van der Waals surface area contributed by atoms with Crippen LogP contribution in [0.25, 0.3) is 17.3 Å². The van der Waals surface area contributed by atoms with Crippen LogP contribution in [0.1, 0.15) is 0 Å². The van der Waals surface area contributed by atoms with Gasteiger partial charge in [0.1, 0.15) is 24.2 Å². The number of methoxy groups -OCH3 is 1. The van der Waals surface area contributed by atoms with Gasteiger partial charge >= 0.3 is 0 Å². The molecule has 2 aromatic heterocycles. The summed E-state index contributed by atoms with van der Waals surface area (Å²) in [6.07, 6.45) is 2.75. The molecule has 0 atom stereocenters. The van der Waals surface area contributed by atoms with Gasteiger partial charge in [-0.3, -0.25) is 0 Å². The van der Waals surface area contributed by atoms with Gasteiger partial charge in [0.05, 0.1) is 12.7 Å². The van der Waals surface area contributed by atoms with E-state index in [4.69, 9.17) is 16.3 Å². The molecule has 0 saturated heterocycles. The molecule has 7 nitrogen and oxygen atoms in total. The van der Waals surface area contributed by atoms with Crippen LogP contribution >= 0.6 is 11.6 Å². The molecule has 0 unspecified atom stereocenters. The molecular weight excluding hydrogens is 299 g/mol. The molecule has 0 radical (unpaired) electrons. The Labute approximate surface area is 123 Å². The molecule has 1 aromatic carbocycles. The van der Waals surface area contributed by atoms with Crippen molar-refractivity contribution in [3.8, 4) is 23.1 Å². The van der Waals surface area contributed by atoms with E-state index in [1.807, 2.05) is 0 Å². The van der Waals surface area contributed by atoms with Gasteiger partial charge in [-0.15, -0.1) is 0 Å². The maximum Gasteiger partial charge on any atom is 0.256 e. The van der Waals surface area contributed by atoms with Crippen molar-refractivity contribution in [2.24, 2.45) is 0 Å². The first-order valence-corrected chi connectivity index (χ1v) is 6.15. The van der Waals surface area contributed by atoms with Crippen LogP contribution in [-0.4, -0.2) is 36.8 Å². The van der Waals surface area contributed by atoms with Crippen LogP contribution in [0.15, 0.2) is 30.9 Å². The molecule has 0 amide bonds. The van der Waals surface area contributed by atoms with Crippen molar-refractivity contribution in [3.05, 3.63) is 42.0 Å². The lowest BCUT2D eigenvalue weighted by Gasteiger charge is -2.08. The summed E-state index contributed by atoms with van der Waals surface area (Å²) < 4.78 is 20.0. The Morgan fingerprint density at radius 1 is 1.24 bits per heavy atom. The number of ether oxygens (including phenoxy) is 1. The highest BCUT2D eigenvalue weighted by molar-refractivity contribution is 6.28. The maximum absolute atomic E-state index is 13.5. The molecule has 3 rings (SSSR count). The molecular formula is C12H8ClFN6O. The number of hydrogen-bond acceptors (Lipinski definition) is 6. The van der Waals surface area contributed by atoms with E-state index in [2.05, 4.69) is 25.0 Å². The highest BCUT2D eigenvalue weighted by atomic mass is 35.5. The van der Waals surface area contributed by atoms with E-state index in [9.17, 15) is 4.39 Å². The Balaban J connectivity index is 2.17. The minimum atomic E-state index is -0.440. The minimum Gasteiger partial charge on any atom is -0.496 e. The Bertz CT molecular complexity index is 779. The van der Waals surface area contributed by atoms with Crippen molar-refractivity contribution < 1.29 is 9.13 Å². The van der Waals surface area contributed by atoms with Crippen LogP contribution < -0.4 is 4.74 Å². The standard InChI is InChI=1S/C12H8ClFN6O/c1-21-9-3-2-7(14)4-8(9)10-17-11(13)19-12(18-10)20-6-15-5-16-20/h2-6H,1H3. The van der Waals surface area contributed by atoms with E-state index in [-0.39, 0.29) is 17.1 Å². The molecule has 0 aliphatic heterocycles. The molecule has 2 heterocycles. The lowest BCUT2D eigenvalue weighted by molar-refractivity contribution is 0.415. The molecule has 3 aromatic rings. The lowest BCUT2D eigenvalue weighted by Crippen LogP contribution is -2.05. The first-order valence-electron chi connectivity index (χ1n) is 5.78. The molecule has 0 fully saturated rings. The predicted octanol–water partition coefficient (Wildman–Crippen LogP) is 1.92. The first-order chi connectivity index (χ1) is 10.2. The van der Waals surface area contributed by atoms with E-state index in [0.29, 0.717) is 11.3 Å². The Kier molecular flexibility index (Phi) is 3.44. The van der Waals surface area contributed by atoms with Crippen LogP contribution in [0.5, 0.6) is 5.75 Å². The van der Waals surface area contributed by atoms with Gasteiger partial charge in [0.15, 0.2) is 5.82 Å². The SMILES string of the molecule is COc1ccc(F)cc1-c1nc(Cl)nc(-n2cncn2)n1. The molecule has 21 heavy (non-hydrogen) atoms. The van der Waals surface area contributed by atoms with Crippen LogP contribution in [0.2, 0.25) is 5.28 Å². The average Bonchev–Trinajstić information content (AvgIpc) is 3.01. The quantitative estimate of drug-likeness (QED) is 0.735. The molecule has 0 saturated carbocycles. The smallest absolute Gasteiger partial charge is 0.256 e. The molecule has 0 aliphatic rings. The monoisotopic (exact) mass is 306 g/mol. The van der Waals surface area contributed by atoms with Gasteiger partial charge in [0.2, 0.25) is 5.28 Å². The van der Waals surface area contributed by atoms with E-state index in [1.165, 1.54) is 42.6 Å². The fourth-order valence-electron chi connectivity index (χ4n) is 1.73. The highest BCUT2D eigenvalue weighted by Crippen LogP contribution is 2.28. The van der Waals surface area contributed by atoms with Gasteiger partial charge in [-0.2, -0.15) is 24.7 Å². The second-order valence-electron chi connectivity index (χ2n) is 3.91. The molecule has 9 heteroatoms. The minimum absolute atomic E-state index is 0.0446. The zero-order valence-electron chi connectivity index (χ0n) is 10.7. The molecule has 0 aliphatic carbocycles. The van der Waals surface area contributed by atoms with Crippen LogP contribution in [-0.2, 0) is 0 Å². The zero-order chi connectivity index (χ0) is 14.8. The third kappa shape index (κ3) is 2.65. The van der Waals surface area contributed by atoms with Crippen molar-refractivity contribution in [1.29, 1.82) is 0 Å². The van der Waals surface area contributed by atoms with E-state index >= 15 is 0 Å². The topological polar surface area (TPSA) is 78.6 Å². The van der Waals surface area contributed by atoms with Gasteiger partial charge < -0.3 is 4.74 Å². The van der Waals surface area contributed by atoms with Gasteiger partial charge in [-0.25, -0.2) is 9.37 Å². The normalized spacial score (nSPS) is 10.6. The van der Waals surface area contributed by atoms with Crippen LogP contribution in [0.4, 0.5) is 4.39 Å². The van der Waals surface area contributed by atoms with Crippen molar-refractivity contribution in [1.82, 2.24) is 29.7 Å². The zero-order valence-corrected chi connectivity index (χ0v) is 11.5. The Hall–Kier alpha value is -2.61. The van der Waals surface area contributed by atoms with Gasteiger partial charge in [0.25, 0.3) is 5.95 Å². The summed E-state index contributed by atoms with van der Waals surface area (Å²) in [7, 11) is 1.47. The summed E-state index contributed by atoms with van der Waals surface area (Å²) in [5.41, 5.74) is 0.364. The fraction of sp³-hybridized carbons (Fsp3) is 0.0833. The second kappa shape index (κ2) is 5.41. The predicted molar refractivity (Wildman–Crippen MR) is 71.7 cm³/mol. The second-order valence-corrected chi connectivity index (χ2v) is 4.25. The van der Waals surface area contributed by atoms with E-state index < -0.39 is 5.82 Å². The number of nitrogens with zero attached hydrogens (tertiary/aromatic N) is 6. The molecule has 0 bridgehead atoms. The number of hydrogen-bond donors (Lipinski definition) is 0. The summed E-state index contributed by atoms with van der Waals surface area (Å²) in [5, 5.41) is 3.87. The lowest BCUT2D eigenvalue weighted by atomic mass is 10.2. The molecule has 106 valence electrons. The third-order valence-electron chi connectivity index (χ3n) is 2.62. The average molecular weight is 307 g/mol. The van der Waals surface area contributed by atoms with Gasteiger partial charge in [-0.1, -0.05) is 0 Å². The van der Waals surface area contributed by atoms with Crippen molar-refractivity contribution in [2.45, 2.75) is 0 Å². The van der Waals surface area contributed by atoms with Crippen molar-refractivity contribution in [3.63, 3.8) is 0 Å². The summed E-state index contributed by atoms with van der Waals surface area (Å²) >= 11 is 5.89. The highest BCUT2D eigenvalue weighted by Gasteiger charge is 2.14. The van der Waals surface area contributed by atoms with E-state index in [0.717, 1.165) is 0 Å². The number of benzene rings is 1. The largest absolute Gasteiger partial charge is 0.496 e.